The molecule has 3 nitrogen and oxygen atoms in total. The van der Waals surface area contributed by atoms with Crippen molar-refractivity contribution in [2.75, 3.05) is 26.2 Å². The number of hydrogen-bond acceptors (Lipinski definition) is 3. The van der Waals surface area contributed by atoms with Gasteiger partial charge in [0.1, 0.15) is 0 Å². The Morgan fingerprint density at radius 1 is 1.35 bits per heavy atom. The molecule has 1 fully saturated rings. The molecule has 0 aromatic heterocycles. The Bertz CT molecular complexity index is 247. The molecule has 0 unspecified atom stereocenters. The molecule has 1 saturated heterocycles. The summed E-state index contributed by atoms with van der Waals surface area (Å²) < 4.78 is 0. The lowest BCUT2D eigenvalue weighted by Gasteiger charge is -2.34. The zero-order chi connectivity index (χ0) is 12.7. The molecule has 0 aromatic rings. The van der Waals surface area contributed by atoms with Crippen molar-refractivity contribution in [3.8, 4) is 6.07 Å². The molecular weight excluding hydrogens is 210 g/mol. The van der Waals surface area contributed by atoms with Gasteiger partial charge < -0.3 is 10.2 Å². The maximum absolute atomic E-state index is 8.63. The first-order valence-corrected chi connectivity index (χ1v) is 6.90. The Morgan fingerprint density at radius 2 is 2.00 bits per heavy atom. The second-order valence-corrected chi connectivity index (χ2v) is 5.91. The largest absolute Gasteiger partial charge is 0.313 e. The molecule has 17 heavy (non-hydrogen) atoms. The van der Waals surface area contributed by atoms with Gasteiger partial charge in [0, 0.05) is 19.0 Å². The van der Waals surface area contributed by atoms with Gasteiger partial charge in [0.05, 0.1) is 6.07 Å². The summed E-state index contributed by atoms with van der Waals surface area (Å²) in [6.45, 7) is 11.4. The fourth-order valence-electron chi connectivity index (χ4n) is 2.36. The lowest BCUT2D eigenvalue weighted by atomic mass is 9.87. The van der Waals surface area contributed by atoms with Gasteiger partial charge in [-0.3, -0.25) is 0 Å². The molecule has 1 rings (SSSR count). The van der Waals surface area contributed by atoms with Gasteiger partial charge >= 0.3 is 0 Å². The lowest BCUT2D eigenvalue weighted by molar-refractivity contribution is 0.193. The van der Waals surface area contributed by atoms with Gasteiger partial charge in [-0.25, -0.2) is 0 Å². The summed E-state index contributed by atoms with van der Waals surface area (Å²) in [6, 6.07) is 2.92. The minimum absolute atomic E-state index is 0.248. The van der Waals surface area contributed by atoms with Crippen molar-refractivity contribution >= 4 is 0 Å². The molecule has 0 aromatic carbocycles. The Labute approximate surface area is 106 Å². The molecule has 1 N–H and O–H groups in total. The van der Waals surface area contributed by atoms with Crippen LogP contribution in [0.15, 0.2) is 0 Å². The number of piperidine rings is 1. The van der Waals surface area contributed by atoms with Crippen LogP contribution in [0.2, 0.25) is 0 Å². The summed E-state index contributed by atoms with van der Waals surface area (Å²) in [5.74, 6) is 0. The van der Waals surface area contributed by atoms with Gasteiger partial charge in [-0.05, 0) is 44.3 Å². The molecule has 0 bridgehead atoms. The van der Waals surface area contributed by atoms with Gasteiger partial charge in [0.15, 0.2) is 0 Å². The molecule has 0 aliphatic carbocycles. The molecule has 98 valence electrons. The SMILES string of the molecule is CCN1CCC(NCC(C)(C)CCC#N)CC1. The standard InChI is InChI=1S/C14H27N3/c1-4-17-10-6-13(7-11-17)16-12-14(2,3)8-5-9-15/h13,16H,4-8,10-12H2,1-3H3. The Morgan fingerprint density at radius 3 is 2.53 bits per heavy atom. The highest BCUT2D eigenvalue weighted by Crippen LogP contribution is 2.21. The van der Waals surface area contributed by atoms with Crippen molar-refractivity contribution in [2.24, 2.45) is 5.41 Å². The van der Waals surface area contributed by atoms with Crippen LogP contribution in [0.3, 0.4) is 0 Å². The van der Waals surface area contributed by atoms with Gasteiger partial charge in [-0.2, -0.15) is 5.26 Å². The van der Waals surface area contributed by atoms with Gasteiger partial charge in [-0.15, -0.1) is 0 Å². The van der Waals surface area contributed by atoms with Crippen LogP contribution in [-0.2, 0) is 0 Å². The molecule has 0 spiro atoms. The first kappa shape index (κ1) is 14.5. The molecular formula is C14H27N3. The molecule has 0 atom stereocenters. The van der Waals surface area contributed by atoms with E-state index < -0.39 is 0 Å². The van der Waals surface area contributed by atoms with Crippen LogP contribution in [0.25, 0.3) is 0 Å². The van der Waals surface area contributed by atoms with E-state index in [0.29, 0.717) is 12.5 Å². The number of nitriles is 1. The van der Waals surface area contributed by atoms with Crippen molar-refractivity contribution in [3.63, 3.8) is 0 Å². The summed E-state index contributed by atoms with van der Waals surface area (Å²) in [5.41, 5.74) is 0.248. The van der Waals surface area contributed by atoms with E-state index in [2.05, 4.69) is 37.1 Å². The minimum Gasteiger partial charge on any atom is -0.313 e. The fraction of sp³-hybridized carbons (Fsp3) is 0.929. The van der Waals surface area contributed by atoms with E-state index in [1.807, 2.05) is 0 Å². The summed E-state index contributed by atoms with van der Waals surface area (Å²) in [5, 5.41) is 12.3. The molecule has 1 heterocycles. The summed E-state index contributed by atoms with van der Waals surface area (Å²) >= 11 is 0. The highest BCUT2D eigenvalue weighted by molar-refractivity contribution is 4.82. The van der Waals surface area contributed by atoms with Gasteiger partial charge in [0.25, 0.3) is 0 Å². The van der Waals surface area contributed by atoms with Gasteiger partial charge in [0.2, 0.25) is 0 Å². The Balaban J connectivity index is 2.20. The Hall–Kier alpha value is -0.590. The van der Waals surface area contributed by atoms with E-state index in [-0.39, 0.29) is 5.41 Å². The van der Waals surface area contributed by atoms with Crippen molar-refractivity contribution < 1.29 is 0 Å². The first-order chi connectivity index (χ1) is 8.07. The lowest BCUT2D eigenvalue weighted by Crippen LogP contribution is -2.45. The zero-order valence-electron chi connectivity index (χ0n) is 11.6. The van der Waals surface area contributed by atoms with Crippen molar-refractivity contribution in [1.29, 1.82) is 5.26 Å². The summed E-state index contributed by atoms with van der Waals surface area (Å²) in [7, 11) is 0. The van der Waals surface area contributed by atoms with E-state index in [1.165, 1.54) is 32.5 Å². The molecule has 1 aliphatic rings. The van der Waals surface area contributed by atoms with Gasteiger partial charge in [-0.1, -0.05) is 20.8 Å². The molecule has 1 aliphatic heterocycles. The first-order valence-electron chi connectivity index (χ1n) is 6.90. The van der Waals surface area contributed by atoms with E-state index in [0.717, 1.165) is 13.0 Å². The van der Waals surface area contributed by atoms with Crippen LogP contribution in [0.5, 0.6) is 0 Å². The minimum atomic E-state index is 0.248. The average molecular weight is 237 g/mol. The van der Waals surface area contributed by atoms with Crippen molar-refractivity contribution in [2.45, 2.75) is 52.5 Å². The van der Waals surface area contributed by atoms with Crippen LogP contribution < -0.4 is 5.32 Å². The van der Waals surface area contributed by atoms with Crippen LogP contribution >= 0.6 is 0 Å². The highest BCUT2D eigenvalue weighted by Gasteiger charge is 2.22. The maximum Gasteiger partial charge on any atom is 0.0621 e. The molecule has 0 amide bonds. The van der Waals surface area contributed by atoms with E-state index in [4.69, 9.17) is 5.26 Å². The number of likely N-dealkylation sites (tertiary alicyclic amines) is 1. The highest BCUT2D eigenvalue weighted by atomic mass is 15.1. The normalized spacial score (nSPS) is 19.2. The third kappa shape index (κ3) is 5.52. The third-order valence-electron chi connectivity index (χ3n) is 3.82. The van der Waals surface area contributed by atoms with E-state index in [1.54, 1.807) is 0 Å². The number of hydrogen-bond donors (Lipinski definition) is 1. The average Bonchev–Trinajstić information content (AvgIpc) is 2.35. The monoisotopic (exact) mass is 237 g/mol. The van der Waals surface area contributed by atoms with Crippen LogP contribution in [0.4, 0.5) is 0 Å². The summed E-state index contributed by atoms with van der Waals surface area (Å²) in [4.78, 5) is 2.51. The third-order valence-corrected chi connectivity index (χ3v) is 3.82. The van der Waals surface area contributed by atoms with Crippen molar-refractivity contribution in [1.82, 2.24) is 10.2 Å². The summed E-state index contributed by atoms with van der Waals surface area (Å²) in [6.07, 6.45) is 4.19. The van der Waals surface area contributed by atoms with Crippen molar-refractivity contribution in [3.05, 3.63) is 0 Å². The topological polar surface area (TPSA) is 39.1 Å². The van der Waals surface area contributed by atoms with Crippen LogP contribution in [-0.4, -0.2) is 37.1 Å². The van der Waals surface area contributed by atoms with Crippen LogP contribution in [0.1, 0.15) is 46.5 Å². The molecule has 0 radical (unpaired) electrons. The molecule has 0 saturated carbocycles. The predicted molar refractivity (Wildman–Crippen MR) is 71.8 cm³/mol. The zero-order valence-corrected chi connectivity index (χ0v) is 11.6. The number of nitrogens with zero attached hydrogens (tertiary/aromatic N) is 2. The maximum atomic E-state index is 8.63. The Kier molecular flexibility index (Phi) is 5.94. The smallest absolute Gasteiger partial charge is 0.0621 e. The van der Waals surface area contributed by atoms with E-state index >= 15 is 0 Å². The van der Waals surface area contributed by atoms with E-state index in [9.17, 15) is 0 Å². The number of rotatable bonds is 6. The second-order valence-electron chi connectivity index (χ2n) is 5.91. The quantitative estimate of drug-likeness (QED) is 0.771. The molecule has 3 heteroatoms. The number of nitrogens with one attached hydrogen (secondary N) is 1. The predicted octanol–water partition coefficient (Wildman–Crippen LogP) is 2.39. The second kappa shape index (κ2) is 6.98. The van der Waals surface area contributed by atoms with Crippen LogP contribution in [0, 0.1) is 16.7 Å². The fourth-order valence-corrected chi connectivity index (χ4v) is 2.36.